The van der Waals surface area contributed by atoms with Gasteiger partial charge in [-0.15, -0.1) is 0 Å². The third-order valence-corrected chi connectivity index (χ3v) is 3.36. The Kier molecular flexibility index (Phi) is 5.59. The van der Waals surface area contributed by atoms with Gasteiger partial charge in [0.15, 0.2) is 0 Å². The van der Waals surface area contributed by atoms with Gasteiger partial charge in [-0.1, -0.05) is 17.7 Å². The SMILES string of the molecule is NC(CCSCc1cccnc1Cl)C(=O)O. The Morgan fingerprint density at radius 1 is 1.69 bits per heavy atom. The highest BCUT2D eigenvalue weighted by molar-refractivity contribution is 7.98. The molecule has 0 radical (unpaired) electrons. The zero-order valence-electron chi connectivity index (χ0n) is 8.60. The summed E-state index contributed by atoms with van der Waals surface area (Å²) >= 11 is 7.47. The Morgan fingerprint density at radius 3 is 3.06 bits per heavy atom. The van der Waals surface area contributed by atoms with E-state index < -0.39 is 12.0 Å². The normalized spacial score (nSPS) is 12.4. The summed E-state index contributed by atoms with van der Waals surface area (Å²) in [4.78, 5) is 14.4. The topological polar surface area (TPSA) is 76.2 Å². The van der Waals surface area contributed by atoms with Crippen molar-refractivity contribution in [3.8, 4) is 0 Å². The van der Waals surface area contributed by atoms with Gasteiger partial charge in [0.1, 0.15) is 11.2 Å². The first-order valence-electron chi connectivity index (χ1n) is 4.77. The molecular weight excluding hydrogens is 248 g/mol. The molecule has 4 nitrogen and oxygen atoms in total. The first kappa shape index (κ1) is 13.3. The van der Waals surface area contributed by atoms with E-state index in [9.17, 15) is 4.79 Å². The molecule has 1 heterocycles. The van der Waals surface area contributed by atoms with E-state index in [-0.39, 0.29) is 0 Å². The lowest BCUT2D eigenvalue weighted by Crippen LogP contribution is -2.30. The van der Waals surface area contributed by atoms with E-state index in [1.165, 1.54) is 0 Å². The summed E-state index contributed by atoms with van der Waals surface area (Å²) < 4.78 is 0. The number of hydrogen-bond acceptors (Lipinski definition) is 4. The van der Waals surface area contributed by atoms with Crippen molar-refractivity contribution in [3.05, 3.63) is 29.0 Å². The second-order valence-corrected chi connectivity index (χ2v) is 4.70. The first-order chi connectivity index (χ1) is 7.61. The third kappa shape index (κ3) is 4.38. The standard InChI is InChI=1S/C10H13ClN2O2S/c11-9-7(2-1-4-13-9)6-16-5-3-8(12)10(14)15/h1-2,4,8H,3,5-6,12H2,(H,14,15). The van der Waals surface area contributed by atoms with E-state index in [0.29, 0.717) is 17.3 Å². The molecule has 0 aromatic carbocycles. The lowest BCUT2D eigenvalue weighted by Gasteiger charge is -2.06. The van der Waals surface area contributed by atoms with E-state index in [2.05, 4.69) is 4.98 Å². The van der Waals surface area contributed by atoms with Crippen molar-refractivity contribution in [1.29, 1.82) is 0 Å². The lowest BCUT2D eigenvalue weighted by atomic mass is 10.2. The Labute approximate surface area is 103 Å². The molecule has 1 unspecified atom stereocenters. The second kappa shape index (κ2) is 6.73. The average Bonchev–Trinajstić information content (AvgIpc) is 2.26. The number of thioether (sulfide) groups is 1. The molecule has 0 aliphatic heterocycles. The number of halogens is 1. The maximum absolute atomic E-state index is 10.5. The van der Waals surface area contributed by atoms with Gasteiger partial charge in [0, 0.05) is 11.9 Å². The van der Waals surface area contributed by atoms with Gasteiger partial charge in [0.05, 0.1) is 0 Å². The second-order valence-electron chi connectivity index (χ2n) is 3.24. The van der Waals surface area contributed by atoms with Crippen LogP contribution in [0.25, 0.3) is 0 Å². The van der Waals surface area contributed by atoms with Gasteiger partial charge >= 0.3 is 5.97 Å². The quantitative estimate of drug-likeness (QED) is 0.602. The highest BCUT2D eigenvalue weighted by Crippen LogP contribution is 2.19. The van der Waals surface area contributed by atoms with Crippen molar-refractivity contribution >= 4 is 29.3 Å². The molecule has 16 heavy (non-hydrogen) atoms. The van der Waals surface area contributed by atoms with Crippen LogP contribution in [0.4, 0.5) is 0 Å². The summed E-state index contributed by atoms with van der Waals surface area (Å²) in [5, 5.41) is 9.07. The number of rotatable bonds is 6. The molecule has 1 atom stereocenters. The molecule has 3 N–H and O–H groups in total. The van der Waals surface area contributed by atoms with Crippen LogP contribution >= 0.6 is 23.4 Å². The molecule has 0 saturated heterocycles. The number of nitrogens with zero attached hydrogens (tertiary/aromatic N) is 1. The van der Waals surface area contributed by atoms with Crippen molar-refractivity contribution in [1.82, 2.24) is 4.98 Å². The summed E-state index contributed by atoms with van der Waals surface area (Å²) in [6.45, 7) is 0. The highest BCUT2D eigenvalue weighted by atomic mass is 35.5. The number of carboxylic acid groups (broad SMARTS) is 1. The minimum Gasteiger partial charge on any atom is -0.480 e. The maximum Gasteiger partial charge on any atom is 0.320 e. The molecule has 0 aliphatic carbocycles. The molecular formula is C10H13ClN2O2S. The van der Waals surface area contributed by atoms with Gasteiger partial charge in [-0.25, -0.2) is 4.98 Å². The number of aromatic nitrogens is 1. The summed E-state index contributed by atoms with van der Waals surface area (Å²) in [5.41, 5.74) is 6.33. The van der Waals surface area contributed by atoms with Gasteiger partial charge in [0.2, 0.25) is 0 Å². The van der Waals surface area contributed by atoms with Crippen LogP contribution in [0.1, 0.15) is 12.0 Å². The Balaban J connectivity index is 2.26. The van der Waals surface area contributed by atoms with Crippen LogP contribution in [-0.2, 0) is 10.5 Å². The van der Waals surface area contributed by atoms with Crippen LogP contribution in [0.2, 0.25) is 5.15 Å². The predicted molar refractivity (Wildman–Crippen MR) is 65.6 cm³/mol. The Hall–Kier alpha value is -0.780. The summed E-state index contributed by atoms with van der Waals surface area (Å²) in [6.07, 6.45) is 2.09. The van der Waals surface area contributed by atoms with E-state index in [0.717, 1.165) is 11.3 Å². The van der Waals surface area contributed by atoms with Crippen LogP contribution in [0, 0.1) is 0 Å². The van der Waals surface area contributed by atoms with Gasteiger partial charge in [-0.2, -0.15) is 11.8 Å². The summed E-state index contributed by atoms with van der Waals surface area (Å²) in [5.74, 6) is 0.456. The monoisotopic (exact) mass is 260 g/mol. The molecule has 88 valence electrons. The Bertz CT molecular complexity index is 362. The zero-order valence-corrected chi connectivity index (χ0v) is 10.2. The third-order valence-electron chi connectivity index (χ3n) is 1.98. The van der Waals surface area contributed by atoms with Crippen LogP contribution in [-0.4, -0.2) is 27.9 Å². The molecule has 6 heteroatoms. The number of aliphatic carboxylic acids is 1. The number of hydrogen-bond donors (Lipinski definition) is 2. The van der Waals surface area contributed by atoms with E-state index >= 15 is 0 Å². The molecule has 0 amide bonds. The smallest absolute Gasteiger partial charge is 0.320 e. The van der Waals surface area contributed by atoms with E-state index in [1.807, 2.05) is 12.1 Å². The highest BCUT2D eigenvalue weighted by Gasteiger charge is 2.10. The van der Waals surface area contributed by atoms with Crippen LogP contribution in [0.15, 0.2) is 18.3 Å². The van der Waals surface area contributed by atoms with Gasteiger partial charge in [-0.3, -0.25) is 4.79 Å². The van der Waals surface area contributed by atoms with Gasteiger partial charge in [-0.05, 0) is 23.8 Å². The number of pyridine rings is 1. The summed E-state index contributed by atoms with van der Waals surface area (Å²) in [6, 6.07) is 2.95. The fourth-order valence-corrected chi connectivity index (χ4v) is 2.33. The van der Waals surface area contributed by atoms with Crippen LogP contribution in [0.5, 0.6) is 0 Å². The van der Waals surface area contributed by atoms with E-state index in [4.69, 9.17) is 22.4 Å². The number of nitrogens with two attached hydrogens (primary N) is 1. The first-order valence-corrected chi connectivity index (χ1v) is 6.30. The van der Waals surface area contributed by atoms with Gasteiger partial charge < -0.3 is 10.8 Å². The molecule has 1 rings (SSSR count). The van der Waals surface area contributed by atoms with Crippen molar-refractivity contribution in [2.45, 2.75) is 18.2 Å². The maximum atomic E-state index is 10.5. The van der Waals surface area contributed by atoms with E-state index in [1.54, 1.807) is 18.0 Å². The lowest BCUT2D eigenvalue weighted by molar-refractivity contribution is -0.138. The zero-order chi connectivity index (χ0) is 12.0. The predicted octanol–water partition coefficient (Wildman–Crippen LogP) is 1.77. The van der Waals surface area contributed by atoms with Crippen molar-refractivity contribution in [3.63, 3.8) is 0 Å². The minimum atomic E-state index is -0.958. The summed E-state index contributed by atoms with van der Waals surface area (Å²) in [7, 11) is 0. The molecule has 1 aromatic rings. The minimum absolute atomic E-state index is 0.456. The van der Waals surface area contributed by atoms with Crippen molar-refractivity contribution in [2.24, 2.45) is 5.73 Å². The number of carboxylic acids is 1. The molecule has 0 fully saturated rings. The van der Waals surface area contributed by atoms with Crippen LogP contribution in [0.3, 0.4) is 0 Å². The molecule has 1 aromatic heterocycles. The molecule has 0 spiro atoms. The van der Waals surface area contributed by atoms with Gasteiger partial charge in [0.25, 0.3) is 0 Å². The largest absolute Gasteiger partial charge is 0.480 e. The molecule has 0 bridgehead atoms. The fraction of sp³-hybridized carbons (Fsp3) is 0.400. The van der Waals surface area contributed by atoms with Crippen molar-refractivity contribution < 1.29 is 9.90 Å². The van der Waals surface area contributed by atoms with Crippen LogP contribution < -0.4 is 5.73 Å². The average molecular weight is 261 g/mol. The number of carbonyl (C=O) groups is 1. The molecule has 0 saturated carbocycles. The fourth-order valence-electron chi connectivity index (χ4n) is 1.04. The Morgan fingerprint density at radius 2 is 2.44 bits per heavy atom. The molecule has 0 aliphatic rings. The van der Waals surface area contributed by atoms with Crippen molar-refractivity contribution in [2.75, 3.05) is 5.75 Å².